The zero-order valence-corrected chi connectivity index (χ0v) is 17.0. The van der Waals surface area contributed by atoms with E-state index in [1.54, 1.807) is 31.4 Å². The second-order valence-electron chi connectivity index (χ2n) is 6.57. The third-order valence-corrected chi connectivity index (χ3v) is 4.25. The Balaban J connectivity index is 1.75. The normalized spacial score (nSPS) is 11.3. The third-order valence-electron chi connectivity index (χ3n) is 4.25. The molecule has 0 saturated heterocycles. The number of hydrogen-bond acceptors (Lipinski definition) is 4. The highest BCUT2D eigenvalue weighted by Gasteiger charge is 2.17. The number of carbonyl (C=O) groups is 3. The smallest absolute Gasteiger partial charge is 0.279 e. The highest BCUT2D eigenvalue weighted by molar-refractivity contribution is 5.94. The number of hydrogen-bond donors (Lipinski definition) is 4. The molecule has 0 bridgehead atoms. The summed E-state index contributed by atoms with van der Waals surface area (Å²) in [6.07, 6.45) is 0. The van der Waals surface area contributed by atoms with Crippen LogP contribution >= 0.6 is 0 Å². The highest BCUT2D eigenvalue weighted by atomic mass is 19.1. The average Bonchev–Trinajstić information content (AvgIpc) is 2.73. The second-order valence-corrected chi connectivity index (χ2v) is 6.57. The molecule has 0 aliphatic heterocycles. The van der Waals surface area contributed by atoms with Crippen molar-refractivity contribution in [1.82, 2.24) is 5.32 Å². The van der Waals surface area contributed by atoms with Crippen molar-refractivity contribution in [3.8, 4) is 5.75 Å². The summed E-state index contributed by atoms with van der Waals surface area (Å²) in [4.78, 5) is 37.0. The largest absolute Gasteiger partial charge is 0.497 e. The van der Waals surface area contributed by atoms with Crippen LogP contribution in [0.3, 0.4) is 0 Å². The van der Waals surface area contributed by atoms with Crippen LogP contribution in [-0.2, 0) is 14.4 Å². The number of ether oxygens (including phenoxy) is 1. The maximum atomic E-state index is 12.9. The summed E-state index contributed by atoms with van der Waals surface area (Å²) in [5, 5.41) is 7.86. The molecule has 160 valence electrons. The fourth-order valence-corrected chi connectivity index (χ4v) is 2.65. The zero-order valence-electron chi connectivity index (χ0n) is 17.0. The molecule has 0 aromatic heterocycles. The molecule has 0 aliphatic carbocycles. The van der Waals surface area contributed by atoms with Gasteiger partial charge in [0, 0.05) is 17.4 Å². The van der Waals surface area contributed by atoms with Gasteiger partial charge in [0.05, 0.1) is 20.2 Å². The van der Waals surface area contributed by atoms with Crippen molar-refractivity contribution >= 4 is 29.1 Å². The van der Waals surface area contributed by atoms with Crippen LogP contribution < -0.4 is 25.6 Å². The number of nitrogens with one attached hydrogen (secondary N) is 4. The summed E-state index contributed by atoms with van der Waals surface area (Å²) in [6, 6.07) is 12.3. The Morgan fingerprint density at radius 3 is 2.27 bits per heavy atom. The van der Waals surface area contributed by atoms with E-state index in [4.69, 9.17) is 4.74 Å². The molecule has 9 heteroatoms. The lowest BCUT2D eigenvalue weighted by atomic mass is 10.3. The molecular formula is C21H26FN4O4+. The first-order chi connectivity index (χ1) is 14.4. The summed E-state index contributed by atoms with van der Waals surface area (Å²) in [5.41, 5.74) is 1.04. The maximum absolute atomic E-state index is 12.9. The molecule has 4 N–H and O–H groups in total. The molecule has 2 rings (SSSR count). The van der Waals surface area contributed by atoms with E-state index in [0.29, 0.717) is 23.7 Å². The van der Waals surface area contributed by atoms with Gasteiger partial charge in [-0.3, -0.25) is 14.4 Å². The van der Waals surface area contributed by atoms with Crippen LogP contribution in [0.1, 0.15) is 6.92 Å². The molecule has 0 fully saturated rings. The van der Waals surface area contributed by atoms with Crippen LogP contribution in [0, 0.1) is 5.82 Å². The molecular weight excluding hydrogens is 391 g/mol. The fourth-order valence-electron chi connectivity index (χ4n) is 2.65. The minimum Gasteiger partial charge on any atom is -0.497 e. The summed E-state index contributed by atoms with van der Waals surface area (Å²) in [6.45, 7) is 2.35. The van der Waals surface area contributed by atoms with Gasteiger partial charge in [0.2, 0.25) is 5.91 Å². The summed E-state index contributed by atoms with van der Waals surface area (Å²) in [7, 11) is 1.54. The van der Waals surface area contributed by atoms with Crippen molar-refractivity contribution < 1.29 is 28.4 Å². The van der Waals surface area contributed by atoms with Gasteiger partial charge in [-0.15, -0.1) is 0 Å². The number of carbonyl (C=O) groups excluding carboxylic acids is 3. The quantitative estimate of drug-likeness (QED) is 0.451. The van der Waals surface area contributed by atoms with Gasteiger partial charge in [0.1, 0.15) is 11.6 Å². The lowest BCUT2D eigenvalue weighted by molar-refractivity contribution is -0.881. The Labute approximate surface area is 174 Å². The number of likely N-dealkylation sites (N-methyl/N-ethyl adjacent to an activating group) is 1. The molecule has 2 aromatic carbocycles. The van der Waals surface area contributed by atoms with Crippen LogP contribution in [0.2, 0.25) is 0 Å². The molecule has 0 heterocycles. The Kier molecular flexibility index (Phi) is 8.76. The predicted molar refractivity (Wildman–Crippen MR) is 111 cm³/mol. The van der Waals surface area contributed by atoms with Crippen LogP contribution in [0.5, 0.6) is 5.75 Å². The van der Waals surface area contributed by atoms with E-state index in [0.717, 1.165) is 4.90 Å². The van der Waals surface area contributed by atoms with Crippen molar-refractivity contribution in [2.45, 2.75) is 6.92 Å². The Bertz CT molecular complexity index is 874. The SMILES string of the molecule is CC[NH+](CC(=O)NCC(=O)Nc1ccc(F)cc1)CC(=O)Nc1cccc(OC)c1. The Morgan fingerprint density at radius 2 is 1.60 bits per heavy atom. The Morgan fingerprint density at radius 1 is 0.933 bits per heavy atom. The van der Waals surface area contributed by atoms with E-state index in [-0.39, 0.29) is 31.4 Å². The van der Waals surface area contributed by atoms with Crippen molar-refractivity contribution in [3.63, 3.8) is 0 Å². The fraction of sp³-hybridized carbons (Fsp3) is 0.286. The number of methoxy groups -OCH3 is 1. The minimum atomic E-state index is -0.427. The summed E-state index contributed by atoms with van der Waals surface area (Å²) >= 11 is 0. The van der Waals surface area contributed by atoms with E-state index in [2.05, 4.69) is 16.0 Å². The van der Waals surface area contributed by atoms with Crippen LogP contribution in [-0.4, -0.2) is 51.0 Å². The molecule has 0 saturated carbocycles. The molecule has 3 amide bonds. The number of quaternary nitrogens is 1. The van der Waals surface area contributed by atoms with E-state index >= 15 is 0 Å². The average molecular weight is 417 g/mol. The van der Waals surface area contributed by atoms with Gasteiger partial charge in [0.15, 0.2) is 13.1 Å². The molecule has 8 nitrogen and oxygen atoms in total. The first-order valence-electron chi connectivity index (χ1n) is 9.49. The molecule has 2 aromatic rings. The molecule has 0 radical (unpaired) electrons. The lowest BCUT2D eigenvalue weighted by Crippen LogP contribution is -3.14. The van der Waals surface area contributed by atoms with Crippen molar-refractivity contribution in [1.29, 1.82) is 0 Å². The monoisotopic (exact) mass is 417 g/mol. The lowest BCUT2D eigenvalue weighted by Gasteiger charge is -2.17. The van der Waals surface area contributed by atoms with Crippen LogP contribution in [0.25, 0.3) is 0 Å². The molecule has 0 aliphatic rings. The van der Waals surface area contributed by atoms with Crippen LogP contribution in [0.15, 0.2) is 48.5 Å². The number of benzene rings is 2. The molecule has 30 heavy (non-hydrogen) atoms. The van der Waals surface area contributed by atoms with Crippen LogP contribution in [0.4, 0.5) is 15.8 Å². The second kappa shape index (κ2) is 11.5. The highest BCUT2D eigenvalue weighted by Crippen LogP contribution is 2.16. The number of rotatable bonds is 10. The van der Waals surface area contributed by atoms with Crippen molar-refractivity contribution in [2.24, 2.45) is 0 Å². The molecule has 0 spiro atoms. The molecule has 1 atom stereocenters. The number of halogens is 1. The van der Waals surface area contributed by atoms with Crippen molar-refractivity contribution in [3.05, 3.63) is 54.3 Å². The van der Waals surface area contributed by atoms with Crippen molar-refractivity contribution in [2.75, 3.05) is 43.9 Å². The summed E-state index contributed by atoms with van der Waals surface area (Å²) < 4.78 is 18.0. The first-order valence-corrected chi connectivity index (χ1v) is 9.49. The minimum absolute atomic E-state index is 0.0475. The van der Waals surface area contributed by atoms with E-state index in [9.17, 15) is 18.8 Å². The van der Waals surface area contributed by atoms with Gasteiger partial charge < -0.3 is 25.6 Å². The van der Waals surface area contributed by atoms with E-state index in [1.165, 1.54) is 24.3 Å². The summed E-state index contributed by atoms with van der Waals surface area (Å²) in [5.74, 6) is -0.786. The maximum Gasteiger partial charge on any atom is 0.279 e. The Hall–Kier alpha value is -3.46. The topological polar surface area (TPSA) is 101 Å². The predicted octanol–water partition coefficient (Wildman–Crippen LogP) is 0.433. The standard InChI is InChI=1S/C21H25FN4O4/c1-3-26(14-21(29)25-17-5-4-6-18(11-17)30-2)13-20(28)23-12-19(27)24-16-9-7-15(22)8-10-16/h4-11H,3,12-14H2,1-2H3,(H,23,28)(H,24,27)(H,25,29)/p+1. The number of amides is 3. The van der Waals surface area contributed by atoms with E-state index < -0.39 is 11.7 Å². The van der Waals surface area contributed by atoms with Gasteiger partial charge in [-0.2, -0.15) is 0 Å². The number of anilines is 2. The third kappa shape index (κ3) is 7.88. The van der Waals surface area contributed by atoms with Gasteiger partial charge in [-0.1, -0.05) is 6.07 Å². The van der Waals surface area contributed by atoms with Gasteiger partial charge in [0.25, 0.3) is 11.8 Å². The zero-order chi connectivity index (χ0) is 21.9. The van der Waals surface area contributed by atoms with Gasteiger partial charge in [-0.25, -0.2) is 4.39 Å². The molecule has 1 unspecified atom stereocenters. The first kappa shape index (κ1) is 22.8. The van der Waals surface area contributed by atoms with Gasteiger partial charge in [-0.05, 0) is 43.3 Å². The van der Waals surface area contributed by atoms with Gasteiger partial charge >= 0.3 is 0 Å². The van der Waals surface area contributed by atoms with E-state index in [1.807, 2.05) is 6.92 Å².